The molecule has 4 aromatic rings. The van der Waals surface area contributed by atoms with E-state index in [2.05, 4.69) is 31.1 Å². The summed E-state index contributed by atoms with van der Waals surface area (Å²) < 4.78 is 5.30. The Morgan fingerprint density at radius 3 is 2.32 bits per heavy atom. The Kier molecular flexibility index (Phi) is 4.55. The molecule has 0 fully saturated rings. The number of carbonyl (C=O) groups is 1. The quantitative estimate of drug-likeness (QED) is 0.486. The van der Waals surface area contributed by atoms with Crippen molar-refractivity contribution in [2.24, 2.45) is 0 Å². The van der Waals surface area contributed by atoms with Gasteiger partial charge in [-0.15, -0.1) is 10.2 Å². The number of nitrogens with one attached hydrogen (secondary N) is 2. The highest BCUT2D eigenvalue weighted by Gasteiger charge is 2.17. The molecule has 2 aromatic carbocycles. The molecule has 0 spiro atoms. The maximum atomic E-state index is 11.0. The van der Waals surface area contributed by atoms with E-state index >= 15 is 0 Å². The van der Waals surface area contributed by atoms with Crippen LogP contribution in [0, 0.1) is 6.92 Å². The third-order valence-electron chi connectivity index (χ3n) is 4.28. The molecule has 4 rings (SSSR count). The van der Waals surface area contributed by atoms with E-state index < -0.39 is 6.09 Å². The number of nitrogens with zero attached hydrogens (tertiary/aromatic N) is 4. The summed E-state index contributed by atoms with van der Waals surface area (Å²) in [6.07, 6.45) is -0.551. The summed E-state index contributed by atoms with van der Waals surface area (Å²) >= 11 is 0. The highest BCUT2D eigenvalue weighted by atomic mass is 16.5. The number of benzene rings is 2. The van der Waals surface area contributed by atoms with Crippen LogP contribution in [0.2, 0.25) is 0 Å². The standard InChI is InChI=1S/C19H16N6O3/c1-11-17(20-19(26)27)18(28-23-11)15-8-6-14(7-9-15)13-4-2-12(3-5-13)10-16-21-24-25-22-16/h2-9,20H,10H2,1H3,(H,26,27)(H,21,22,24,25). The number of tetrazole rings is 1. The van der Waals surface area contributed by atoms with Crippen LogP contribution in [0.15, 0.2) is 53.1 Å². The Morgan fingerprint density at radius 1 is 1.07 bits per heavy atom. The average molecular weight is 376 g/mol. The minimum absolute atomic E-state index is 0.353. The lowest BCUT2D eigenvalue weighted by Crippen LogP contribution is -2.08. The second-order valence-corrected chi connectivity index (χ2v) is 6.18. The van der Waals surface area contributed by atoms with Crippen molar-refractivity contribution in [2.75, 3.05) is 5.32 Å². The van der Waals surface area contributed by atoms with Gasteiger partial charge in [-0.1, -0.05) is 58.9 Å². The second-order valence-electron chi connectivity index (χ2n) is 6.18. The highest BCUT2D eigenvalue weighted by molar-refractivity contribution is 5.89. The molecule has 0 unspecified atom stereocenters. The molecule has 28 heavy (non-hydrogen) atoms. The first kappa shape index (κ1) is 17.4. The van der Waals surface area contributed by atoms with Crippen LogP contribution in [0.3, 0.4) is 0 Å². The van der Waals surface area contributed by atoms with E-state index in [1.807, 2.05) is 48.5 Å². The molecule has 140 valence electrons. The van der Waals surface area contributed by atoms with Gasteiger partial charge in [-0.05, 0) is 23.6 Å². The van der Waals surface area contributed by atoms with Crippen molar-refractivity contribution in [3.63, 3.8) is 0 Å². The van der Waals surface area contributed by atoms with E-state index in [1.165, 1.54) is 0 Å². The van der Waals surface area contributed by atoms with E-state index in [0.717, 1.165) is 22.3 Å². The van der Waals surface area contributed by atoms with Crippen molar-refractivity contribution in [3.05, 3.63) is 65.6 Å². The van der Waals surface area contributed by atoms with E-state index in [0.29, 0.717) is 29.4 Å². The maximum absolute atomic E-state index is 11.0. The molecule has 0 saturated carbocycles. The Balaban J connectivity index is 1.54. The van der Waals surface area contributed by atoms with Crippen LogP contribution in [0.5, 0.6) is 0 Å². The lowest BCUT2D eigenvalue weighted by atomic mass is 10.0. The Hall–Kier alpha value is -4.01. The van der Waals surface area contributed by atoms with E-state index in [1.54, 1.807) is 6.92 Å². The fraction of sp³-hybridized carbons (Fsp3) is 0.105. The summed E-state index contributed by atoms with van der Waals surface area (Å²) in [5.41, 5.74) is 4.75. The molecule has 9 nitrogen and oxygen atoms in total. The van der Waals surface area contributed by atoms with Crippen molar-refractivity contribution < 1.29 is 14.4 Å². The number of rotatable bonds is 5. The predicted octanol–water partition coefficient (Wildman–Crippen LogP) is 3.51. The van der Waals surface area contributed by atoms with Gasteiger partial charge in [0.05, 0.1) is 0 Å². The molecule has 0 bridgehead atoms. The largest absolute Gasteiger partial charge is 0.465 e. The zero-order valence-electron chi connectivity index (χ0n) is 14.9. The van der Waals surface area contributed by atoms with Crippen LogP contribution in [0.1, 0.15) is 17.1 Å². The van der Waals surface area contributed by atoms with Gasteiger partial charge in [0.25, 0.3) is 0 Å². The second kappa shape index (κ2) is 7.31. The average Bonchev–Trinajstić information content (AvgIpc) is 3.33. The third-order valence-corrected chi connectivity index (χ3v) is 4.28. The van der Waals surface area contributed by atoms with Gasteiger partial charge in [0.2, 0.25) is 0 Å². The van der Waals surface area contributed by atoms with Crippen molar-refractivity contribution in [1.82, 2.24) is 25.8 Å². The number of aromatic nitrogens is 5. The number of carboxylic acid groups (broad SMARTS) is 1. The fourth-order valence-electron chi connectivity index (χ4n) is 2.89. The zero-order valence-corrected chi connectivity index (χ0v) is 14.9. The van der Waals surface area contributed by atoms with Crippen molar-refractivity contribution in [2.45, 2.75) is 13.3 Å². The number of aryl methyl sites for hydroxylation is 1. The van der Waals surface area contributed by atoms with Gasteiger partial charge < -0.3 is 9.63 Å². The van der Waals surface area contributed by atoms with Gasteiger partial charge in [-0.2, -0.15) is 5.21 Å². The first-order chi connectivity index (χ1) is 13.6. The zero-order chi connectivity index (χ0) is 19.5. The van der Waals surface area contributed by atoms with Gasteiger partial charge in [0.15, 0.2) is 11.6 Å². The van der Waals surface area contributed by atoms with Crippen LogP contribution in [-0.2, 0) is 6.42 Å². The number of amides is 1. The Bertz CT molecular complexity index is 1090. The Morgan fingerprint density at radius 2 is 1.71 bits per heavy atom. The minimum atomic E-state index is -1.16. The van der Waals surface area contributed by atoms with Crippen molar-refractivity contribution >= 4 is 11.8 Å². The first-order valence-electron chi connectivity index (χ1n) is 8.48. The number of hydrogen-bond donors (Lipinski definition) is 3. The molecular formula is C19H16N6O3. The van der Waals surface area contributed by atoms with E-state index in [9.17, 15) is 4.79 Å². The number of anilines is 1. The Labute approximate surface area is 159 Å². The minimum Gasteiger partial charge on any atom is -0.465 e. The van der Waals surface area contributed by atoms with Crippen LogP contribution < -0.4 is 5.32 Å². The lowest BCUT2D eigenvalue weighted by molar-refractivity contribution is 0.209. The van der Waals surface area contributed by atoms with Gasteiger partial charge in [-0.25, -0.2) is 4.79 Å². The summed E-state index contributed by atoms with van der Waals surface area (Å²) in [4.78, 5) is 11.0. The monoisotopic (exact) mass is 376 g/mol. The number of H-pyrrole nitrogens is 1. The molecule has 2 heterocycles. The molecule has 3 N–H and O–H groups in total. The number of aromatic amines is 1. The molecule has 9 heteroatoms. The van der Waals surface area contributed by atoms with Crippen LogP contribution in [0.4, 0.5) is 10.5 Å². The molecule has 1 amide bonds. The smallest absolute Gasteiger partial charge is 0.409 e. The van der Waals surface area contributed by atoms with Crippen molar-refractivity contribution in [1.29, 1.82) is 0 Å². The molecule has 0 atom stereocenters. The van der Waals surface area contributed by atoms with E-state index in [4.69, 9.17) is 9.63 Å². The van der Waals surface area contributed by atoms with Gasteiger partial charge in [-0.3, -0.25) is 5.32 Å². The van der Waals surface area contributed by atoms with Crippen LogP contribution >= 0.6 is 0 Å². The topological polar surface area (TPSA) is 130 Å². The van der Waals surface area contributed by atoms with E-state index in [-0.39, 0.29) is 0 Å². The van der Waals surface area contributed by atoms with Gasteiger partial charge >= 0.3 is 6.09 Å². The maximum Gasteiger partial charge on any atom is 0.409 e. The predicted molar refractivity (Wildman–Crippen MR) is 101 cm³/mol. The first-order valence-corrected chi connectivity index (χ1v) is 8.48. The molecule has 0 saturated heterocycles. The molecule has 0 aliphatic carbocycles. The summed E-state index contributed by atoms with van der Waals surface area (Å²) in [7, 11) is 0. The fourth-order valence-corrected chi connectivity index (χ4v) is 2.89. The summed E-state index contributed by atoms with van der Waals surface area (Å²) in [5.74, 6) is 1.03. The molecule has 0 aliphatic rings. The van der Waals surface area contributed by atoms with Gasteiger partial charge in [0.1, 0.15) is 11.4 Å². The molecule has 2 aromatic heterocycles. The van der Waals surface area contributed by atoms with Gasteiger partial charge in [0, 0.05) is 12.0 Å². The summed E-state index contributed by atoms with van der Waals surface area (Å²) in [5, 5.41) is 29.1. The van der Waals surface area contributed by atoms with Crippen LogP contribution in [0.25, 0.3) is 22.5 Å². The summed E-state index contributed by atoms with van der Waals surface area (Å²) in [6.45, 7) is 1.68. The normalized spacial score (nSPS) is 10.8. The highest BCUT2D eigenvalue weighted by Crippen LogP contribution is 2.32. The molecule has 0 radical (unpaired) electrons. The van der Waals surface area contributed by atoms with Crippen molar-refractivity contribution in [3.8, 4) is 22.5 Å². The SMILES string of the molecule is Cc1noc(-c2ccc(-c3ccc(Cc4nn[nH]n4)cc3)cc2)c1NC(=O)O. The summed E-state index contributed by atoms with van der Waals surface area (Å²) in [6, 6.07) is 15.7. The number of hydrogen-bond acceptors (Lipinski definition) is 6. The lowest BCUT2D eigenvalue weighted by Gasteiger charge is -2.06. The third kappa shape index (κ3) is 3.58. The molecule has 0 aliphatic heterocycles. The van der Waals surface area contributed by atoms with Crippen LogP contribution in [-0.4, -0.2) is 37.0 Å². The molecular weight excluding hydrogens is 360 g/mol.